The summed E-state index contributed by atoms with van der Waals surface area (Å²) in [6, 6.07) is 8.09. The highest BCUT2D eigenvalue weighted by Crippen LogP contribution is 2.33. The fourth-order valence-corrected chi connectivity index (χ4v) is 3.22. The Morgan fingerprint density at radius 1 is 0.850 bits per heavy atom. The van der Waals surface area contributed by atoms with E-state index in [1.165, 1.54) is 18.5 Å². The third kappa shape index (κ3) is 1.74. The molecule has 4 heteroatoms. The molecular weight excluding hydrogens is 270 g/mol. The van der Waals surface area contributed by atoms with E-state index < -0.39 is 0 Å². The van der Waals surface area contributed by atoms with Crippen molar-refractivity contribution in [2.24, 2.45) is 0 Å². The zero-order valence-electron chi connectivity index (χ0n) is 11.0. The Hall–Kier alpha value is -1.87. The second kappa shape index (κ2) is 4.60. The zero-order chi connectivity index (χ0) is 13.5. The Bertz CT molecular complexity index is 794. The third-order valence-corrected chi connectivity index (χ3v) is 4.32. The van der Waals surface area contributed by atoms with Crippen LogP contribution in [0.2, 0.25) is 5.02 Å². The number of aromatic nitrogens is 2. The second-order valence-corrected chi connectivity index (χ2v) is 5.58. The summed E-state index contributed by atoms with van der Waals surface area (Å²) >= 11 is 6.25. The molecular formula is C16H14ClN3. The number of nitrogens with zero attached hydrogens (tertiary/aromatic N) is 3. The largest absolute Gasteiger partial charge is 0.371 e. The number of benzene rings is 1. The number of fused-ring (bicyclic) bond motifs is 3. The van der Waals surface area contributed by atoms with Crippen LogP contribution in [0.15, 0.2) is 36.7 Å². The van der Waals surface area contributed by atoms with E-state index >= 15 is 0 Å². The van der Waals surface area contributed by atoms with E-state index in [9.17, 15) is 0 Å². The van der Waals surface area contributed by atoms with Gasteiger partial charge in [0.2, 0.25) is 0 Å². The molecule has 0 amide bonds. The molecule has 1 aliphatic heterocycles. The predicted octanol–water partition coefficient (Wildman–Crippen LogP) is 4.04. The minimum atomic E-state index is 0.727. The normalized spacial score (nSPS) is 15.3. The lowest BCUT2D eigenvalue weighted by molar-refractivity contribution is 0.949. The molecule has 0 unspecified atom stereocenters. The van der Waals surface area contributed by atoms with Crippen molar-refractivity contribution < 1.29 is 0 Å². The van der Waals surface area contributed by atoms with Crippen LogP contribution in [0.4, 0.5) is 5.69 Å². The smallest absolute Gasteiger partial charge is 0.0985 e. The highest BCUT2D eigenvalue weighted by Gasteiger charge is 2.16. The average molecular weight is 284 g/mol. The lowest BCUT2D eigenvalue weighted by atomic mass is 10.1. The molecule has 0 saturated carbocycles. The van der Waals surface area contributed by atoms with E-state index in [2.05, 4.69) is 27.0 Å². The lowest BCUT2D eigenvalue weighted by Gasteiger charge is -2.19. The van der Waals surface area contributed by atoms with Crippen molar-refractivity contribution in [3.05, 3.63) is 41.7 Å². The number of hydrogen-bond acceptors (Lipinski definition) is 3. The molecule has 1 aromatic carbocycles. The van der Waals surface area contributed by atoms with Crippen molar-refractivity contribution in [2.45, 2.75) is 12.8 Å². The quantitative estimate of drug-likeness (QED) is 0.631. The van der Waals surface area contributed by atoms with Gasteiger partial charge in [0.25, 0.3) is 0 Å². The minimum absolute atomic E-state index is 0.727. The first kappa shape index (κ1) is 11.9. The van der Waals surface area contributed by atoms with Gasteiger partial charge in [-0.1, -0.05) is 17.7 Å². The minimum Gasteiger partial charge on any atom is -0.371 e. The van der Waals surface area contributed by atoms with Crippen LogP contribution in [0.25, 0.3) is 21.8 Å². The van der Waals surface area contributed by atoms with Crippen LogP contribution in [0, 0.1) is 0 Å². The van der Waals surface area contributed by atoms with Crippen LogP contribution in [0.3, 0.4) is 0 Å². The Morgan fingerprint density at radius 2 is 1.50 bits per heavy atom. The number of rotatable bonds is 1. The SMILES string of the molecule is Clc1ccnc2c1ccc1c(N3CCCC3)ccnc12. The van der Waals surface area contributed by atoms with Crippen LogP contribution in [-0.4, -0.2) is 23.1 Å². The molecule has 2 aromatic heterocycles. The van der Waals surface area contributed by atoms with Crippen LogP contribution < -0.4 is 4.90 Å². The van der Waals surface area contributed by atoms with Gasteiger partial charge in [0.05, 0.1) is 16.1 Å². The van der Waals surface area contributed by atoms with E-state index in [-0.39, 0.29) is 0 Å². The molecule has 0 atom stereocenters. The highest BCUT2D eigenvalue weighted by atomic mass is 35.5. The summed E-state index contributed by atoms with van der Waals surface area (Å²) in [7, 11) is 0. The molecule has 1 fully saturated rings. The van der Waals surface area contributed by atoms with Gasteiger partial charge < -0.3 is 4.90 Å². The van der Waals surface area contributed by atoms with E-state index in [0.717, 1.165) is 39.9 Å². The van der Waals surface area contributed by atoms with Crippen molar-refractivity contribution in [1.82, 2.24) is 9.97 Å². The fourth-order valence-electron chi connectivity index (χ4n) is 3.01. The average Bonchev–Trinajstić information content (AvgIpc) is 3.01. The maximum absolute atomic E-state index is 6.25. The molecule has 20 heavy (non-hydrogen) atoms. The number of halogens is 1. The number of pyridine rings is 2. The number of anilines is 1. The summed E-state index contributed by atoms with van der Waals surface area (Å²) in [6.45, 7) is 2.25. The summed E-state index contributed by atoms with van der Waals surface area (Å²) < 4.78 is 0. The molecule has 100 valence electrons. The third-order valence-electron chi connectivity index (χ3n) is 3.99. The Morgan fingerprint density at radius 3 is 2.30 bits per heavy atom. The van der Waals surface area contributed by atoms with Crippen LogP contribution in [0.5, 0.6) is 0 Å². The van der Waals surface area contributed by atoms with Crippen molar-refractivity contribution >= 4 is 39.1 Å². The molecule has 0 N–H and O–H groups in total. The first-order chi connectivity index (χ1) is 9.84. The van der Waals surface area contributed by atoms with Crippen LogP contribution in [0.1, 0.15) is 12.8 Å². The monoisotopic (exact) mass is 283 g/mol. The summed E-state index contributed by atoms with van der Waals surface area (Å²) in [4.78, 5) is 11.4. The van der Waals surface area contributed by atoms with E-state index in [1.54, 1.807) is 6.20 Å². The summed E-state index contributed by atoms with van der Waals surface area (Å²) in [5.41, 5.74) is 3.08. The van der Waals surface area contributed by atoms with Crippen molar-refractivity contribution in [1.29, 1.82) is 0 Å². The fraction of sp³-hybridized carbons (Fsp3) is 0.250. The Balaban J connectivity index is 2.04. The molecule has 0 bridgehead atoms. The standard InChI is InChI=1S/C16H14ClN3/c17-13-5-7-18-15-11(13)3-4-12-14(6-8-19-16(12)15)20-9-1-2-10-20/h3-8H,1-2,9-10H2. The van der Waals surface area contributed by atoms with E-state index in [1.807, 2.05) is 18.3 Å². The molecule has 3 aromatic rings. The molecule has 1 saturated heterocycles. The van der Waals surface area contributed by atoms with Gasteiger partial charge in [-0.2, -0.15) is 0 Å². The van der Waals surface area contributed by atoms with Gasteiger partial charge in [0.15, 0.2) is 0 Å². The van der Waals surface area contributed by atoms with Gasteiger partial charge >= 0.3 is 0 Å². The maximum atomic E-state index is 6.25. The molecule has 1 aliphatic rings. The van der Waals surface area contributed by atoms with E-state index in [4.69, 9.17) is 11.6 Å². The van der Waals surface area contributed by atoms with Gasteiger partial charge in [-0.25, -0.2) is 0 Å². The maximum Gasteiger partial charge on any atom is 0.0985 e. The topological polar surface area (TPSA) is 29.0 Å². The molecule has 0 radical (unpaired) electrons. The molecule has 0 aliphatic carbocycles. The first-order valence-corrected chi connectivity index (χ1v) is 7.29. The summed E-state index contributed by atoms with van der Waals surface area (Å²) in [5.74, 6) is 0. The lowest BCUT2D eigenvalue weighted by Crippen LogP contribution is -2.17. The molecule has 3 nitrogen and oxygen atoms in total. The first-order valence-electron chi connectivity index (χ1n) is 6.91. The van der Waals surface area contributed by atoms with Crippen LogP contribution in [-0.2, 0) is 0 Å². The number of hydrogen-bond donors (Lipinski definition) is 0. The molecule has 0 spiro atoms. The molecule has 4 rings (SSSR count). The van der Waals surface area contributed by atoms with Gasteiger partial charge in [0, 0.05) is 41.9 Å². The summed E-state index contributed by atoms with van der Waals surface area (Å²) in [5, 5.41) is 2.86. The zero-order valence-corrected chi connectivity index (χ0v) is 11.8. The van der Waals surface area contributed by atoms with Crippen molar-refractivity contribution in [3.8, 4) is 0 Å². The van der Waals surface area contributed by atoms with Gasteiger partial charge in [0.1, 0.15) is 0 Å². The Labute approximate surface area is 122 Å². The molecule has 3 heterocycles. The predicted molar refractivity (Wildman–Crippen MR) is 83.5 cm³/mol. The van der Waals surface area contributed by atoms with E-state index in [0.29, 0.717) is 0 Å². The van der Waals surface area contributed by atoms with Crippen molar-refractivity contribution in [2.75, 3.05) is 18.0 Å². The van der Waals surface area contributed by atoms with Gasteiger partial charge in [-0.15, -0.1) is 0 Å². The van der Waals surface area contributed by atoms with Crippen molar-refractivity contribution in [3.63, 3.8) is 0 Å². The van der Waals surface area contributed by atoms with Gasteiger partial charge in [-0.3, -0.25) is 9.97 Å². The second-order valence-electron chi connectivity index (χ2n) is 5.17. The van der Waals surface area contributed by atoms with Crippen LogP contribution >= 0.6 is 11.6 Å². The summed E-state index contributed by atoms with van der Waals surface area (Å²) in [6.07, 6.45) is 6.15. The Kier molecular flexibility index (Phi) is 2.74. The van der Waals surface area contributed by atoms with Gasteiger partial charge in [-0.05, 0) is 31.0 Å². The highest BCUT2D eigenvalue weighted by molar-refractivity contribution is 6.36.